The first kappa shape index (κ1) is 14.1. The summed E-state index contributed by atoms with van der Waals surface area (Å²) in [5.41, 5.74) is 1.40. The predicted octanol–water partition coefficient (Wildman–Crippen LogP) is 2.37. The fraction of sp³-hybridized carbons (Fsp3) is 0.353. The van der Waals surface area contributed by atoms with E-state index < -0.39 is 0 Å². The molecule has 1 aromatic heterocycles. The van der Waals surface area contributed by atoms with E-state index in [1.165, 1.54) is 12.5 Å². The summed E-state index contributed by atoms with van der Waals surface area (Å²) in [6, 6.07) is 3.73. The van der Waals surface area contributed by atoms with Crippen LogP contribution in [-0.4, -0.2) is 48.9 Å². The lowest BCUT2D eigenvalue weighted by atomic mass is 10.1. The second-order valence-electron chi connectivity index (χ2n) is 5.93. The Morgan fingerprint density at radius 3 is 2.61 bits per heavy atom. The van der Waals surface area contributed by atoms with Gasteiger partial charge in [-0.1, -0.05) is 0 Å². The van der Waals surface area contributed by atoms with Crippen LogP contribution in [0.5, 0.6) is 11.5 Å². The van der Waals surface area contributed by atoms with E-state index in [4.69, 9.17) is 13.9 Å². The van der Waals surface area contributed by atoms with Crippen LogP contribution in [0.3, 0.4) is 0 Å². The first-order valence-corrected chi connectivity index (χ1v) is 7.67. The van der Waals surface area contributed by atoms with Crippen LogP contribution < -0.4 is 9.47 Å². The van der Waals surface area contributed by atoms with Crippen LogP contribution in [0.15, 0.2) is 29.1 Å². The molecule has 0 bridgehead atoms. The Hall–Kier alpha value is -2.47. The molecule has 3 heterocycles. The van der Waals surface area contributed by atoms with Gasteiger partial charge in [0.05, 0.1) is 0 Å². The van der Waals surface area contributed by atoms with Crippen molar-refractivity contribution in [3.05, 3.63) is 36.0 Å². The van der Waals surface area contributed by atoms with Gasteiger partial charge >= 0.3 is 0 Å². The highest BCUT2D eigenvalue weighted by atomic mass is 16.5. The van der Waals surface area contributed by atoms with Crippen molar-refractivity contribution >= 4 is 16.9 Å². The minimum Gasteiger partial charge on any atom is -0.458 e. The van der Waals surface area contributed by atoms with E-state index in [-0.39, 0.29) is 5.91 Å². The number of carbonyl (C=O) groups excluding carboxylic acids is 1. The van der Waals surface area contributed by atoms with E-state index in [1.54, 1.807) is 0 Å². The van der Waals surface area contributed by atoms with Crippen LogP contribution in [0.25, 0.3) is 11.0 Å². The summed E-state index contributed by atoms with van der Waals surface area (Å²) in [5.74, 6) is 1.43. The summed E-state index contributed by atoms with van der Waals surface area (Å²) >= 11 is 0. The highest BCUT2D eigenvalue weighted by molar-refractivity contribution is 6.01. The van der Waals surface area contributed by atoms with Crippen molar-refractivity contribution < 1.29 is 18.7 Å². The number of hydrogen-bond donors (Lipinski definition) is 0. The van der Waals surface area contributed by atoms with Crippen LogP contribution in [0.1, 0.15) is 16.1 Å². The predicted molar refractivity (Wildman–Crippen MR) is 84.7 cm³/mol. The number of piperazine rings is 1. The summed E-state index contributed by atoms with van der Waals surface area (Å²) in [5, 5.41) is 0.875. The summed E-state index contributed by atoms with van der Waals surface area (Å²) in [6.45, 7) is 5.09. The zero-order chi connectivity index (χ0) is 16.0. The standard InChI is InChI=1S/C17H18N2O4/c1-11-12-3-4-13-16(22-10-9-21-13)15(12)23-14(11)17(20)19-7-5-18(2)6-8-19/h3-4,9-10H,5-8H2,1-2H3. The monoisotopic (exact) mass is 314 g/mol. The molecule has 4 rings (SSSR count). The van der Waals surface area contributed by atoms with Gasteiger partial charge in [0.1, 0.15) is 12.5 Å². The van der Waals surface area contributed by atoms with Gasteiger partial charge < -0.3 is 23.7 Å². The average molecular weight is 314 g/mol. The number of furan rings is 1. The molecule has 120 valence electrons. The molecule has 0 unspecified atom stereocenters. The molecule has 0 aliphatic carbocycles. The molecule has 0 saturated carbocycles. The number of amides is 1. The van der Waals surface area contributed by atoms with Crippen molar-refractivity contribution in [3.8, 4) is 11.5 Å². The number of fused-ring (bicyclic) bond motifs is 3. The Balaban J connectivity index is 1.73. The number of nitrogens with zero attached hydrogens (tertiary/aromatic N) is 2. The maximum absolute atomic E-state index is 12.8. The molecule has 2 aliphatic rings. The number of rotatable bonds is 1. The minimum absolute atomic E-state index is 0.0622. The second kappa shape index (κ2) is 5.31. The van der Waals surface area contributed by atoms with Crippen LogP contribution in [0.2, 0.25) is 0 Å². The summed E-state index contributed by atoms with van der Waals surface area (Å²) in [7, 11) is 2.06. The van der Waals surface area contributed by atoms with Crippen molar-refractivity contribution in [1.82, 2.24) is 9.80 Å². The molecular weight excluding hydrogens is 296 g/mol. The van der Waals surface area contributed by atoms with Crippen molar-refractivity contribution in [1.29, 1.82) is 0 Å². The summed E-state index contributed by atoms with van der Waals surface area (Å²) in [4.78, 5) is 16.8. The molecule has 1 aromatic carbocycles. The van der Waals surface area contributed by atoms with E-state index in [9.17, 15) is 4.79 Å². The topological polar surface area (TPSA) is 55.2 Å². The number of hydrogen-bond acceptors (Lipinski definition) is 5. The first-order chi connectivity index (χ1) is 11.1. The zero-order valence-corrected chi connectivity index (χ0v) is 13.2. The molecule has 6 heteroatoms. The lowest BCUT2D eigenvalue weighted by Crippen LogP contribution is -2.47. The minimum atomic E-state index is -0.0622. The summed E-state index contributed by atoms with van der Waals surface area (Å²) in [6.07, 6.45) is 2.93. The Morgan fingerprint density at radius 2 is 1.83 bits per heavy atom. The van der Waals surface area contributed by atoms with Gasteiger partial charge in [0.25, 0.3) is 5.91 Å². The smallest absolute Gasteiger partial charge is 0.289 e. The van der Waals surface area contributed by atoms with Crippen molar-refractivity contribution in [2.45, 2.75) is 6.92 Å². The van der Waals surface area contributed by atoms with Gasteiger partial charge in [0.15, 0.2) is 17.1 Å². The molecule has 0 spiro atoms. The quantitative estimate of drug-likeness (QED) is 0.809. The zero-order valence-electron chi connectivity index (χ0n) is 13.2. The number of carbonyl (C=O) groups is 1. The average Bonchev–Trinajstić information content (AvgIpc) is 2.92. The van der Waals surface area contributed by atoms with E-state index in [0.717, 1.165) is 24.0 Å². The second-order valence-corrected chi connectivity index (χ2v) is 5.93. The van der Waals surface area contributed by atoms with Gasteiger partial charge in [-0.05, 0) is 26.1 Å². The fourth-order valence-electron chi connectivity index (χ4n) is 3.00. The molecule has 0 atom stereocenters. The van der Waals surface area contributed by atoms with Gasteiger partial charge in [0.2, 0.25) is 5.75 Å². The summed E-state index contributed by atoms with van der Waals surface area (Å²) < 4.78 is 16.8. The number of aryl methyl sites for hydroxylation is 1. The largest absolute Gasteiger partial charge is 0.458 e. The first-order valence-electron chi connectivity index (χ1n) is 7.67. The van der Waals surface area contributed by atoms with Crippen molar-refractivity contribution in [2.24, 2.45) is 0 Å². The number of ether oxygens (including phenoxy) is 2. The highest BCUT2D eigenvalue weighted by Crippen LogP contribution is 2.41. The van der Waals surface area contributed by atoms with Crippen molar-refractivity contribution in [2.75, 3.05) is 33.2 Å². The molecule has 1 fully saturated rings. The van der Waals surface area contributed by atoms with Gasteiger partial charge in [-0.15, -0.1) is 0 Å². The third-order valence-corrected chi connectivity index (χ3v) is 4.45. The van der Waals surface area contributed by atoms with E-state index >= 15 is 0 Å². The van der Waals surface area contributed by atoms with Crippen molar-refractivity contribution in [3.63, 3.8) is 0 Å². The molecule has 2 aliphatic heterocycles. The van der Waals surface area contributed by atoms with Crippen LogP contribution >= 0.6 is 0 Å². The third kappa shape index (κ3) is 2.26. The number of benzene rings is 1. The molecule has 0 N–H and O–H groups in total. The van der Waals surface area contributed by atoms with Crippen LogP contribution in [0.4, 0.5) is 0 Å². The Morgan fingerprint density at radius 1 is 1.09 bits per heavy atom. The van der Waals surface area contributed by atoms with Crippen LogP contribution in [0, 0.1) is 6.92 Å². The molecule has 6 nitrogen and oxygen atoms in total. The molecule has 23 heavy (non-hydrogen) atoms. The molecular formula is C17H18N2O4. The maximum atomic E-state index is 12.8. The Labute approximate surface area is 133 Å². The lowest BCUT2D eigenvalue weighted by Gasteiger charge is -2.31. The SMILES string of the molecule is Cc1c(C(=O)N2CCN(C)CC2)oc2c3c(ccc12)OC=CO3. The van der Waals surface area contributed by atoms with Gasteiger partial charge in [-0.3, -0.25) is 4.79 Å². The number of likely N-dealkylation sites (N-methyl/N-ethyl adjacent to an activating group) is 1. The maximum Gasteiger partial charge on any atom is 0.289 e. The fourth-order valence-corrected chi connectivity index (χ4v) is 3.00. The van der Waals surface area contributed by atoms with E-state index in [0.29, 0.717) is 35.9 Å². The lowest BCUT2D eigenvalue weighted by molar-refractivity contribution is 0.0633. The molecule has 0 radical (unpaired) electrons. The van der Waals surface area contributed by atoms with Gasteiger partial charge in [-0.2, -0.15) is 0 Å². The molecule has 1 amide bonds. The Kier molecular flexibility index (Phi) is 3.27. The van der Waals surface area contributed by atoms with E-state index in [1.807, 2.05) is 24.0 Å². The van der Waals surface area contributed by atoms with Crippen LogP contribution in [-0.2, 0) is 0 Å². The normalized spacial score (nSPS) is 17.7. The molecule has 2 aromatic rings. The van der Waals surface area contributed by atoms with Gasteiger partial charge in [0, 0.05) is 37.1 Å². The Bertz CT molecular complexity index is 801. The van der Waals surface area contributed by atoms with E-state index in [2.05, 4.69) is 11.9 Å². The van der Waals surface area contributed by atoms with Gasteiger partial charge in [-0.25, -0.2) is 0 Å². The molecule has 1 saturated heterocycles. The highest BCUT2D eigenvalue weighted by Gasteiger charge is 2.27. The third-order valence-electron chi connectivity index (χ3n) is 4.45.